The average molecular weight is 279 g/mol. The van der Waals surface area contributed by atoms with Crippen molar-refractivity contribution >= 4 is 27.6 Å². The fourth-order valence-corrected chi connectivity index (χ4v) is 3.61. The van der Waals surface area contributed by atoms with Crippen LogP contribution in [0.5, 0.6) is 0 Å². The third kappa shape index (κ3) is 2.29. The number of hydrogen-bond acceptors (Lipinski definition) is 2. The fourth-order valence-electron chi connectivity index (χ4n) is 3.61. The summed E-state index contributed by atoms with van der Waals surface area (Å²) in [4.78, 5) is 0. The summed E-state index contributed by atoms with van der Waals surface area (Å²) in [7, 11) is 0. The molecule has 1 heterocycles. The van der Waals surface area contributed by atoms with E-state index in [2.05, 4.69) is 49.5 Å². The van der Waals surface area contributed by atoms with Gasteiger partial charge >= 0.3 is 0 Å². The van der Waals surface area contributed by atoms with Crippen LogP contribution in [0.2, 0.25) is 0 Å². The maximum atomic E-state index is 5.88. The van der Waals surface area contributed by atoms with Crippen LogP contribution >= 0.6 is 0 Å². The second-order valence-electron chi connectivity index (χ2n) is 7.06. The first-order valence-electron chi connectivity index (χ1n) is 7.79. The van der Waals surface area contributed by atoms with E-state index in [1.807, 2.05) is 12.1 Å². The number of fused-ring (bicyclic) bond motifs is 3. The van der Waals surface area contributed by atoms with Crippen molar-refractivity contribution in [1.82, 2.24) is 0 Å². The maximum absolute atomic E-state index is 5.88. The normalized spacial score (nSPS) is 21.1. The molecule has 1 N–H and O–H groups in total. The summed E-state index contributed by atoms with van der Waals surface area (Å²) >= 11 is 0. The quantitative estimate of drug-likeness (QED) is 0.662. The van der Waals surface area contributed by atoms with Gasteiger partial charge in [-0.1, -0.05) is 32.0 Å². The van der Waals surface area contributed by atoms with Gasteiger partial charge in [0.2, 0.25) is 0 Å². The van der Waals surface area contributed by atoms with Crippen LogP contribution in [-0.4, -0.2) is 6.04 Å². The Labute approximate surface area is 125 Å². The van der Waals surface area contributed by atoms with E-state index in [4.69, 9.17) is 4.42 Å². The van der Waals surface area contributed by atoms with E-state index >= 15 is 0 Å². The molecule has 108 valence electrons. The van der Waals surface area contributed by atoms with Crippen molar-refractivity contribution < 1.29 is 4.42 Å². The first-order chi connectivity index (χ1) is 10.1. The van der Waals surface area contributed by atoms with Crippen molar-refractivity contribution in [2.24, 2.45) is 5.41 Å². The van der Waals surface area contributed by atoms with Gasteiger partial charge in [-0.2, -0.15) is 0 Å². The van der Waals surface area contributed by atoms with Crippen molar-refractivity contribution in [3.8, 4) is 0 Å². The van der Waals surface area contributed by atoms with Gasteiger partial charge in [0.1, 0.15) is 11.2 Å². The molecular weight excluding hydrogens is 258 g/mol. The smallest absolute Gasteiger partial charge is 0.135 e. The van der Waals surface area contributed by atoms with Gasteiger partial charge in [0, 0.05) is 22.5 Å². The highest BCUT2D eigenvalue weighted by Gasteiger charge is 2.30. The molecule has 4 rings (SSSR count). The number of furan rings is 1. The van der Waals surface area contributed by atoms with Crippen LogP contribution in [0.1, 0.15) is 33.1 Å². The van der Waals surface area contributed by atoms with Gasteiger partial charge in [0.15, 0.2) is 0 Å². The Kier molecular flexibility index (Phi) is 2.75. The van der Waals surface area contributed by atoms with E-state index < -0.39 is 0 Å². The van der Waals surface area contributed by atoms with Gasteiger partial charge in [-0.3, -0.25) is 0 Å². The summed E-state index contributed by atoms with van der Waals surface area (Å²) in [6.45, 7) is 4.73. The molecule has 1 aliphatic rings. The summed E-state index contributed by atoms with van der Waals surface area (Å²) in [5.74, 6) is 0. The Bertz CT molecular complexity index is 800. The molecule has 3 aromatic rings. The molecule has 1 fully saturated rings. The first-order valence-corrected chi connectivity index (χ1v) is 7.79. The van der Waals surface area contributed by atoms with Crippen molar-refractivity contribution in [3.05, 3.63) is 42.5 Å². The molecule has 0 saturated heterocycles. The van der Waals surface area contributed by atoms with Gasteiger partial charge in [0.25, 0.3) is 0 Å². The molecule has 0 amide bonds. The van der Waals surface area contributed by atoms with E-state index in [-0.39, 0.29) is 0 Å². The van der Waals surface area contributed by atoms with Gasteiger partial charge < -0.3 is 9.73 Å². The van der Waals surface area contributed by atoms with Gasteiger partial charge in [-0.05, 0) is 48.9 Å². The minimum Gasteiger partial charge on any atom is -0.456 e. The number of hydrogen-bond donors (Lipinski definition) is 1. The number of anilines is 1. The third-order valence-electron chi connectivity index (χ3n) is 4.72. The second kappa shape index (κ2) is 4.52. The first kappa shape index (κ1) is 12.8. The van der Waals surface area contributed by atoms with Gasteiger partial charge in [-0.25, -0.2) is 0 Å². The molecule has 2 heteroatoms. The van der Waals surface area contributed by atoms with Crippen molar-refractivity contribution in [1.29, 1.82) is 0 Å². The summed E-state index contributed by atoms with van der Waals surface area (Å²) in [6.07, 6.45) is 3.82. The molecule has 0 bridgehead atoms. The molecule has 2 nitrogen and oxygen atoms in total. The van der Waals surface area contributed by atoms with E-state index in [9.17, 15) is 0 Å². The molecule has 0 radical (unpaired) electrons. The van der Waals surface area contributed by atoms with Crippen molar-refractivity contribution in [3.63, 3.8) is 0 Å². The Morgan fingerprint density at radius 2 is 1.86 bits per heavy atom. The topological polar surface area (TPSA) is 25.2 Å². The summed E-state index contributed by atoms with van der Waals surface area (Å²) in [5, 5.41) is 6.10. The van der Waals surface area contributed by atoms with Crippen molar-refractivity contribution in [2.45, 2.75) is 39.2 Å². The van der Waals surface area contributed by atoms with E-state index in [1.165, 1.54) is 35.7 Å². The minimum atomic E-state index is 0.476. The lowest BCUT2D eigenvalue weighted by Crippen LogP contribution is -2.17. The van der Waals surface area contributed by atoms with Crippen LogP contribution in [0.25, 0.3) is 21.9 Å². The monoisotopic (exact) mass is 279 g/mol. The van der Waals surface area contributed by atoms with E-state index in [0.29, 0.717) is 11.5 Å². The summed E-state index contributed by atoms with van der Waals surface area (Å²) in [6, 6.07) is 15.3. The molecule has 1 saturated carbocycles. The number of para-hydroxylation sites is 1. The minimum absolute atomic E-state index is 0.476. The Hall–Kier alpha value is -1.96. The lowest BCUT2D eigenvalue weighted by atomic mass is 9.92. The van der Waals surface area contributed by atoms with Crippen molar-refractivity contribution in [2.75, 3.05) is 5.32 Å². The number of nitrogens with one attached hydrogen (secondary N) is 1. The largest absolute Gasteiger partial charge is 0.456 e. The molecule has 1 aromatic heterocycles. The summed E-state index contributed by atoms with van der Waals surface area (Å²) < 4.78 is 5.88. The lowest BCUT2D eigenvalue weighted by molar-refractivity contribution is 0.378. The standard InChI is InChI=1S/C19H21NO/c1-19(2)10-9-14(12-19)20-13-7-8-18-16(11-13)15-5-3-4-6-17(15)21-18/h3-8,11,14,20H,9-10,12H2,1-2H3. The van der Waals surface area contributed by atoms with E-state index in [0.717, 1.165) is 11.2 Å². The van der Waals surface area contributed by atoms with Crippen LogP contribution in [0.3, 0.4) is 0 Å². The number of benzene rings is 2. The zero-order chi connectivity index (χ0) is 14.4. The molecule has 0 spiro atoms. The SMILES string of the molecule is CC1(C)CCC(Nc2ccc3oc4ccccc4c3c2)C1. The summed E-state index contributed by atoms with van der Waals surface area (Å²) in [5.41, 5.74) is 3.61. The highest BCUT2D eigenvalue weighted by atomic mass is 16.3. The van der Waals surface area contributed by atoms with Crippen LogP contribution in [0.4, 0.5) is 5.69 Å². The molecule has 21 heavy (non-hydrogen) atoms. The molecule has 1 unspecified atom stereocenters. The predicted molar refractivity (Wildman–Crippen MR) is 88.8 cm³/mol. The molecule has 0 aliphatic heterocycles. The highest BCUT2D eigenvalue weighted by Crippen LogP contribution is 2.39. The van der Waals surface area contributed by atoms with Gasteiger partial charge in [-0.15, -0.1) is 0 Å². The molecule has 1 aliphatic carbocycles. The van der Waals surface area contributed by atoms with E-state index in [1.54, 1.807) is 0 Å². The third-order valence-corrected chi connectivity index (χ3v) is 4.72. The zero-order valence-corrected chi connectivity index (χ0v) is 12.6. The molecular formula is C19H21NO. The number of rotatable bonds is 2. The van der Waals surface area contributed by atoms with Crippen LogP contribution in [-0.2, 0) is 0 Å². The second-order valence-corrected chi connectivity index (χ2v) is 7.06. The lowest BCUT2D eigenvalue weighted by Gasteiger charge is -2.18. The maximum Gasteiger partial charge on any atom is 0.135 e. The van der Waals surface area contributed by atoms with Crippen LogP contribution in [0.15, 0.2) is 46.9 Å². The Balaban J connectivity index is 1.69. The average Bonchev–Trinajstić information content (AvgIpc) is 2.99. The Morgan fingerprint density at radius 3 is 2.67 bits per heavy atom. The Morgan fingerprint density at radius 1 is 1.05 bits per heavy atom. The van der Waals surface area contributed by atoms with Gasteiger partial charge in [0.05, 0.1) is 0 Å². The molecule has 2 aromatic carbocycles. The predicted octanol–water partition coefficient (Wildman–Crippen LogP) is 5.58. The zero-order valence-electron chi connectivity index (χ0n) is 12.6. The van der Waals surface area contributed by atoms with Crippen LogP contribution < -0.4 is 5.32 Å². The highest BCUT2D eigenvalue weighted by molar-refractivity contribution is 6.05. The molecule has 1 atom stereocenters. The fraction of sp³-hybridized carbons (Fsp3) is 0.368. The van der Waals surface area contributed by atoms with Crippen LogP contribution in [0, 0.1) is 5.41 Å².